The molecule has 0 saturated heterocycles. The standard InChI is InChI=1S/C14H12ClNO3/c1-2-7-16-14(18)13-11(8-12(17)19-13)9-3-5-10(15)6-4-9/h2-6,8,13H,1,7H2,(H,16,18). The second-order valence-electron chi connectivity index (χ2n) is 3.96. The van der Waals surface area contributed by atoms with Gasteiger partial charge in [-0.1, -0.05) is 29.8 Å². The van der Waals surface area contributed by atoms with E-state index in [9.17, 15) is 9.59 Å². The Kier molecular flexibility index (Phi) is 4.02. The minimum atomic E-state index is -0.923. The van der Waals surface area contributed by atoms with Gasteiger partial charge in [0, 0.05) is 23.2 Å². The van der Waals surface area contributed by atoms with Crippen molar-refractivity contribution in [3.63, 3.8) is 0 Å². The van der Waals surface area contributed by atoms with E-state index in [1.165, 1.54) is 6.08 Å². The maximum absolute atomic E-state index is 11.9. The molecule has 5 heteroatoms. The van der Waals surface area contributed by atoms with E-state index in [1.807, 2.05) is 0 Å². The number of esters is 1. The van der Waals surface area contributed by atoms with E-state index in [0.29, 0.717) is 17.1 Å². The van der Waals surface area contributed by atoms with Gasteiger partial charge < -0.3 is 10.1 Å². The Morgan fingerprint density at radius 1 is 1.42 bits per heavy atom. The molecule has 2 rings (SSSR count). The molecule has 0 saturated carbocycles. The maximum atomic E-state index is 11.9. The largest absolute Gasteiger partial charge is 0.444 e. The van der Waals surface area contributed by atoms with Gasteiger partial charge in [0.05, 0.1) is 0 Å². The predicted molar refractivity (Wildman–Crippen MR) is 72.5 cm³/mol. The third-order valence-electron chi connectivity index (χ3n) is 2.63. The lowest BCUT2D eigenvalue weighted by Gasteiger charge is -2.13. The lowest BCUT2D eigenvalue weighted by atomic mass is 10.0. The normalized spacial score (nSPS) is 17.6. The first-order valence-corrected chi connectivity index (χ1v) is 6.06. The Bertz CT molecular complexity index is 548. The van der Waals surface area contributed by atoms with Gasteiger partial charge in [0.2, 0.25) is 6.10 Å². The summed E-state index contributed by atoms with van der Waals surface area (Å²) >= 11 is 5.81. The Morgan fingerprint density at radius 3 is 2.74 bits per heavy atom. The van der Waals surface area contributed by atoms with Crippen molar-refractivity contribution in [3.05, 3.63) is 53.6 Å². The second kappa shape index (κ2) is 5.71. The zero-order chi connectivity index (χ0) is 13.8. The number of benzene rings is 1. The average molecular weight is 278 g/mol. The summed E-state index contributed by atoms with van der Waals surface area (Å²) < 4.78 is 5.01. The number of rotatable bonds is 4. The SMILES string of the molecule is C=CCNC(=O)C1OC(=O)C=C1c1ccc(Cl)cc1. The molecule has 0 bridgehead atoms. The molecule has 0 spiro atoms. The van der Waals surface area contributed by atoms with Crippen molar-refractivity contribution in [2.24, 2.45) is 0 Å². The van der Waals surface area contributed by atoms with Crippen molar-refractivity contribution in [2.75, 3.05) is 6.54 Å². The number of cyclic esters (lactones) is 1. The molecule has 1 N–H and O–H groups in total. The van der Waals surface area contributed by atoms with Crippen LogP contribution in [0.4, 0.5) is 0 Å². The molecule has 1 amide bonds. The lowest BCUT2D eigenvalue weighted by molar-refractivity contribution is -0.145. The number of ether oxygens (including phenoxy) is 1. The van der Waals surface area contributed by atoms with E-state index < -0.39 is 12.1 Å². The quantitative estimate of drug-likeness (QED) is 0.676. The van der Waals surface area contributed by atoms with Crippen molar-refractivity contribution < 1.29 is 14.3 Å². The van der Waals surface area contributed by atoms with Gasteiger partial charge in [0.1, 0.15) is 0 Å². The van der Waals surface area contributed by atoms with Crippen LogP contribution in [0.5, 0.6) is 0 Å². The third kappa shape index (κ3) is 3.03. The Labute approximate surface area is 115 Å². The molecule has 1 unspecified atom stereocenters. The van der Waals surface area contributed by atoms with Crippen LogP contribution in [0.25, 0.3) is 5.57 Å². The van der Waals surface area contributed by atoms with Gasteiger partial charge in [-0.2, -0.15) is 0 Å². The van der Waals surface area contributed by atoms with E-state index >= 15 is 0 Å². The van der Waals surface area contributed by atoms with Gasteiger partial charge in [-0.05, 0) is 17.7 Å². The molecule has 1 heterocycles. The number of hydrogen-bond acceptors (Lipinski definition) is 3. The molecule has 1 aliphatic rings. The highest BCUT2D eigenvalue weighted by Gasteiger charge is 2.33. The minimum absolute atomic E-state index is 0.320. The number of halogens is 1. The lowest BCUT2D eigenvalue weighted by Crippen LogP contribution is -2.35. The van der Waals surface area contributed by atoms with Gasteiger partial charge in [0.25, 0.3) is 5.91 Å². The summed E-state index contributed by atoms with van der Waals surface area (Å²) in [6, 6.07) is 6.87. The van der Waals surface area contributed by atoms with Crippen LogP contribution >= 0.6 is 11.6 Å². The smallest absolute Gasteiger partial charge is 0.332 e. The summed E-state index contributed by atoms with van der Waals surface area (Å²) in [7, 11) is 0. The molecule has 0 radical (unpaired) electrons. The highest BCUT2D eigenvalue weighted by molar-refractivity contribution is 6.30. The summed E-state index contributed by atoms with van der Waals surface area (Å²) in [4.78, 5) is 23.3. The fourth-order valence-corrected chi connectivity index (χ4v) is 1.88. The number of nitrogens with one attached hydrogen (secondary N) is 1. The molecular weight excluding hydrogens is 266 g/mol. The van der Waals surface area contributed by atoms with Crippen molar-refractivity contribution >= 4 is 29.1 Å². The summed E-state index contributed by atoms with van der Waals surface area (Å²) in [6.45, 7) is 3.83. The fourth-order valence-electron chi connectivity index (χ4n) is 1.75. The molecule has 4 nitrogen and oxygen atoms in total. The molecule has 0 fully saturated rings. The van der Waals surface area contributed by atoms with Crippen molar-refractivity contribution in [2.45, 2.75) is 6.10 Å². The molecule has 1 atom stereocenters. The highest BCUT2D eigenvalue weighted by atomic mass is 35.5. The van der Waals surface area contributed by atoms with Crippen LogP contribution in [0.3, 0.4) is 0 Å². The first kappa shape index (κ1) is 13.4. The zero-order valence-corrected chi connectivity index (χ0v) is 10.8. The van der Waals surface area contributed by atoms with E-state index in [1.54, 1.807) is 30.3 Å². The minimum Gasteiger partial charge on any atom is -0.444 e. The van der Waals surface area contributed by atoms with Gasteiger partial charge in [-0.3, -0.25) is 4.79 Å². The van der Waals surface area contributed by atoms with Crippen molar-refractivity contribution in [1.29, 1.82) is 0 Å². The van der Waals surface area contributed by atoms with E-state index in [0.717, 1.165) is 5.56 Å². The molecule has 1 aromatic rings. The van der Waals surface area contributed by atoms with Crippen LogP contribution in [0.2, 0.25) is 5.02 Å². The highest BCUT2D eigenvalue weighted by Crippen LogP contribution is 2.27. The molecule has 19 heavy (non-hydrogen) atoms. The Balaban J connectivity index is 2.23. The van der Waals surface area contributed by atoms with Gasteiger partial charge >= 0.3 is 5.97 Å². The van der Waals surface area contributed by atoms with Gasteiger partial charge in [-0.15, -0.1) is 6.58 Å². The molecular formula is C14H12ClNO3. The van der Waals surface area contributed by atoms with Crippen LogP contribution in [-0.4, -0.2) is 24.5 Å². The van der Waals surface area contributed by atoms with Crippen LogP contribution in [0.1, 0.15) is 5.56 Å². The molecule has 0 aromatic heterocycles. The van der Waals surface area contributed by atoms with Crippen LogP contribution in [0.15, 0.2) is 43.0 Å². The molecule has 98 valence electrons. The monoisotopic (exact) mass is 277 g/mol. The first-order chi connectivity index (χ1) is 9.11. The first-order valence-electron chi connectivity index (χ1n) is 5.68. The van der Waals surface area contributed by atoms with Crippen molar-refractivity contribution in [1.82, 2.24) is 5.32 Å². The maximum Gasteiger partial charge on any atom is 0.332 e. The Hall–Kier alpha value is -2.07. The average Bonchev–Trinajstić information content (AvgIpc) is 2.79. The Morgan fingerprint density at radius 2 is 2.11 bits per heavy atom. The summed E-state index contributed by atoms with van der Waals surface area (Å²) in [5.41, 5.74) is 1.26. The number of hydrogen-bond donors (Lipinski definition) is 1. The number of carbonyl (C=O) groups excluding carboxylic acids is 2. The van der Waals surface area contributed by atoms with Crippen molar-refractivity contribution in [3.8, 4) is 0 Å². The number of amides is 1. The van der Waals surface area contributed by atoms with Crippen LogP contribution < -0.4 is 5.32 Å². The fraction of sp³-hybridized carbons (Fsp3) is 0.143. The molecule has 1 aliphatic heterocycles. The van der Waals surface area contributed by atoms with E-state index in [4.69, 9.17) is 16.3 Å². The van der Waals surface area contributed by atoms with E-state index in [-0.39, 0.29) is 5.91 Å². The number of carbonyl (C=O) groups is 2. The second-order valence-corrected chi connectivity index (χ2v) is 4.39. The summed E-state index contributed by atoms with van der Waals surface area (Å²) in [5.74, 6) is -0.893. The van der Waals surface area contributed by atoms with Crippen LogP contribution in [0, 0.1) is 0 Å². The zero-order valence-electron chi connectivity index (χ0n) is 10.1. The molecule has 1 aromatic carbocycles. The van der Waals surface area contributed by atoms with Gasteiger partial charge in [0.15, 0.2) is 0 Å². The topological polar surface area (TPSA) is 55.4 Å². The third-order valence-corrected chi connectivity index (χ3v) is 2.88. The molecule has 0 aliphatic carbocycles. The van der Waals surface area contributed by atoms with E-state index in [2.05, 4.69) is 11.9 Å². The summed E-state index contributed by atoms with van der Waals surface area (Å²) in [6.07, 6.45) is 1.95. The van der Waals surface area contributed by atoms with Gasteiger partial charge in [-0.25, -0.2) is 4.79 Å². The van der Waals surface area contributed by atoms with Crippen LogP contribution in [-0.2, 0) is 14.3 Å². The summed E-state index contributed by atoms with van der Waals surface area (Å²) in [5, 5.41) is 3.19. The predicted octanol–water partition coefficient (Wildman–Crippen LogP) is 1.95.